The van der Waals surface area contributed by atoms with Gasteiger partial charge in [-0.3, -0.25) is 29.4 Å². The summed E-state index contributed by atoms with van der Waals surface area (Å²) in [5.41, 5.74) is 0.925. The molecule has 0 saturated heterocycles. The van der Waals surface area contributed by atoms with Crippen molar-refractivity contribution in [2.45, 2.75) is 13.8 Å². The first-order valence-corrected chi connectivity index (χ1v) is 8.80. The van der Waals surface area contributed by atoms with Crippen molar-refractivity contribution in [1.82, 2.24) is 29.5 Å². The van der Waals surface area contributed by atoms with Crippen LogP contribution in [0.1, 0.15) is 21.6 Å². The van der Waals surface area contributed by atoms with Crippen molar-refractivity contribution in [2.24, 2.45) is 7.05 Å². The summed E-state index contributed by atoms with van der Waals surface area (Å²) in [7, 11) is 1.65. The van der Waals surface area contributed by atoms with Crippen molar-refractivity contribution in [3.05, 3.63) is 67.8 Å². The lowest BCUT2D eigenvalue weighted by Gasteiger charge is -2.09. The van der Waals surface area contributed by atoms with Crippen LogP contribution in [-0.2, 0) is 7.05 Å². The van der Waals surface area contributed by atoms with Gasteiger partial charge >= 0.3 is 0 Å². The van der Waals surface area contributed by atoms with Crippen LogP contribution in [0.4, 0.5) is 11.5 Å². The van der Waals surface area contributed by atoms with Gasteiger partial charge in [0, 0.05) is 30.3 Å². The van der Waals surface area contributed by atoms with Crippen LogP contribution in [0.3, 0.4) is 0 Å². The average Bonchev–Trinajstić information content (AvgIpc) is 3.24. The lowest BCUT2D eigenvalue weighted by molar-refractivity contribution is -0.385. The zero-order valence-corrected chi connectivity index (χ0v) is 16.2. The van der Waals surface area contributed by atoms with Crippen LogP contribution in [0, 0.1) is 24.0 Å². The van der Waals surface area contributed by atoms with Gasteiger partial charge in [-0.15, -0.1) is 0 Å². The number of hydrogen-bond donors (Lipinski definition) is 2. The van der Waals surface area contributed by atoms with E-state index in [1.54, 1.807) is 27.0 Å². The Labute approximate surface area is 168 Å². The molecular weight excluding hydrogens is 392 g/mol. The van der Waals surface area contributed by atoms with Crippen molar-refractivity contribution >= 4 is 28.4 Å². The smallest absolute Gasteiger partial charge is 0.273 e. The number of aryl methyl sites for hydroxylation is 3. The Balaban J connectivity index is 1.74. The number of fused-ring (bicyclic) bond motifs is 1. The molecule has 0 radical (unpaired) electrons. The van der Waals surface area contributed by atoms with Crippen molar-refractivity contribution in [2.75, 3.05) is 5.32 Å². The van der Waals surface area contributed by atoms with Crippen LogP contribution in [0.25, 0.3) is 17.0 Å². The summed E-state index contributed by atoms with van der Waals surface area (Å²) < 4.78 is 2.73. The zero-order chi connectivity index (χ0) is 21.6. The number of anilines is 1. The molecule has 12 heteroatoms. The van der Waals surface area contributed by atoms with Gasteiger partial charge in [0.05, 0.1) is 16.8 Å². The van der Waals surface area contributed by atoms with E-state index in [9.17, 15) is 19.7 Å². The number of aromatic amines is 1. The lowest BCUT2D eigenvalue weighted by Crippen LogP contribution is -2.19. The topological polar surface area (TPSA) is 154 Å². The summed E-state index contributed by atoms with van der Waals surface area (Å²) >= 11 is 0. The molecule has 1 amide bonds. The molecule has 3 heterocycles. The molecule has 30 heavy (non-hydrogen) atoms. The Kier molecular flexibility index (Phi) is 4.38. The van der Waals surface area contributed by atoms with Crippen molar-refractivity contribution in [1.29, 1.82) is 0 Å². The number of amides is 1. The molecule has 3 aromatic heterocycles. The second-order valence-corrected chi connectivity index (χ2v) is 6.69. The predicted molar refractivity (Wildman–Crippen MR) is 107 cm³/mol. The highest BCUT2D eigenvalue weighted by molar-refractivity contribution is 6.04. The molecular formula is C18H16N8O4. The van der Waals surface area contributed by atoms with Gasteiger partial charge in [-0.25, -0.2) is 0 Å². The normalized spacial score (nSPS) is 11.0. The molecule has 0 spiro atoms. The molecule has 152 valence electrons. The number of carbonyl (C=O) groups is 1. The van der Waals surface area contributed by atoms with Gasteiger partial charge in [-0.1, -0.05) is 6.07 Å². The molecule has 0 atom stereocenters. The van der Waals surface area contributed by atoms with Crippen LogP contribution in [0.5, 0.6) is 0 Å². The van der Waals surface area contributed by atoms with E-state index in [4.69, 9.17) is 0 Å². The molecule has 0 bridgehead atoms. The molecule has 4 rings (SSSR count). The van der Waals surface area contributed by atoms with E-state index in [1.807, 2.05) is 0 Å². The van der Waals surface area contributed by atoms with Crippen molar-refractivity contribution in [3.8, 4) is 5.95 Å². The van der Waals surface area contributed by atoms with Gasteiger partial charge < -0.3 is 5.32 Å². The summed E-state index contributed by atoms with van der Waals surface area (Å²) in [5.74, 6) is -0.233. The SMILES string of the molecule is Cc1cc(NC(=O)c2ccc(C)c([N+](=O)[O-])c2)n(-c2nc3c(cnn3C)c(=O)[nH]2)n1. The van der Waals surface area contributed by atoms with Gasteiger partial charge in [0.15, 0.2) is 5.65 Å². The Hall–Kier alpha value is -4.35. The minimum atomic E-state index is -0.566. The molecule has 0 saturated carbocycles. The summed E-state index contributed by atoms with van der Waals surface area (Å²) in [4.78, 5) is 42.6. The summed E-state index contributed by atoms with van der Waals surface area (Å²) in [5, 5.41) is 22.4. The maximum absolute atomic E-state index is 12.7. The number of H-pyrrole nitrogens is 1. The van der Waals surface area contributed by atoms with E-state index >= 15 is 0 Å². The van der Waals surface area contributed by atoms with Crippen LogP contribution in [0.2, 0.25) is 0 Å². The molecule has 0 unspecified atom stereocenters. The van der Waals surface area contributed by atoms with Gasteiger partial charge in [0.1, 0.15) is 11.2 Å². The fraction of sp³-hybridized carbons (Fsp3) is 0.167. The maximum atomic E-state index is 12.7. The first-order valence-electron chi connectivity index (χ1n) is 8.80. The lowest BCUT2D eigenvalue weighted by atomic mass is 10.1. The van der Waals surface area contributed by atoms with Crippen LogP contribution in [-0.4, -0.2) is 40.4 Å². The van der Waals surface area contributed by atoms with E-state index in [2.05, 4.69) is 25.5 Å². The van der Waals surface area contributed by atoms with E-state index in [0.29, 0.717) is 22.3 Å². The van der Waals surface area contributed by atoms with Crippen molar-refractivity contribution < 1.29 is 9.72 Å². The second-order valence-electron chi connectivity index (χ2n) is 6.69. The Morgan fingerprint density at radius 2 is 2.03 bits per heavy atom. The Morgan fingerprint density at radius 3 is 2.77 bits per heavy atom. The summed E-state index contributed by atoms with van der Waals surface area (Å²) in [6.45, 7) is 3.30. The quantitative estimate of drug-likeness (QED) is 0.384. The van der Waals surface area contributed by atoms with E-state index in [0.717, 1.165) is 0 Å². The fourth-order valence-electron chi connectivity index (χ4n) is 3.01. The zero-order valence-electron chi connectivity index (χ0n) is 16.2. The highest BCUT2D eigenvalue weighted by atomic mass is 16.6. The largest absolute Gasteiger partial charge is 0.306 e. The number of carbonyl (C=O) groups excluding carboxylic acids is 1. The molecule has 12 nitrogen and oxygen atoms in total. The predicted octanol–water partition coefficient (Wildman–Crippen LogP) is 1.62. The number of hydrogen-bond acceptors (Lipinski definition) is 7. The number of nitrogens with one attached hydrogen (secondary N) is 2. The Bertz CT molecular complexity index is 1380. The number of nitro benzene ring substituents is 1. The Morgan fingerprint density at radius 1 is 1.27 bits per heavy atom. The first kappa shape index (κ1) is 19.0. The second kappa shape index (κ2) is 6.92. The number of rotatable bonds is 4. The first-order chi connectivity index (χ1) is 14.2. The molecule has 0 fully saturated rings. The highest BCUT2D eigenvalue weighted by Crippen LogP contribution is 2.21. The molecule has 4 aromatic rings. The molecule has 0 aliphatic heterocycles. The molecule has 0 aliphatic rings. The highest BCUT2D eigenvalue weighted by Gasteiger charge is 2.19. The monoisotopic (exact) mass is 408 g/mol. The summed E-state index contributed by atoms with van der Waals surface area (Å²) in [6.07, 6.45) is 1.41. The third-order valence-electron chi connectivity index (χ3n) is 4.53. The fourth-order valence-corrected chi connectivity index (χ4v) is 3.01. The summed E-state index contributed by atoms with van der Waals surface area (Å²) in [6, 6.07) is 5.80. The minimum Gasteiger partial charge on any atom is -0.306 e. The van der Waals surface area contributed by atoms with E-state index in [-0.39, 0.29) is 23.0 Å². The number of aromatic nitrogens is 6. The molecule has 2 N–H and O–H groups in total. The molecule has 0 aliphatic carbocycles. The number of benzene rings is 1. The van der Waals surface area contributed by atoms with E-state index < -0.39 is 16.4 Å². The van der Waals surface area contributed by atoms with Crippen molar-refractivity contribution in [3.63, 3.8) is 0 Å². The minimum absolute atomic E-state index is 0.0920. The van der Waals surface area contributed by atoms with Gasteiger partial charge in [-0.05, 0) is 19.9 Å². The van der Waals surface area contributed by atoms with Crippen LogP contribution >= 0.6 is 0 Å². The van der Waals surface area contributed by atoms with E-state index in [1.165, 1.54) is 33.8 Å². The standard InChI is InChI=1S/C18H16N8O4/c1-9-4-5-11(7-13(9)26(29)30)16(27)20-14-6-10(2)23-25(14)18-21-15-12(17(28)22-18)8-19-24(15)3/h4-8H,1-3H3,(H,20,27)(H,21,22,28). The molecule has 1 aromatic carbocycles. The van der Waals surface area contributed by atoms with Gasteiger partial charge in [0.25, 0.3) is 17.2 Å². The average molecular weight is 408 g/mol. The third kappa shape index (κ3) is 3.19. The van der Waals surface area contributed by atoms with Crippen LogP contribution in [0.15, 0.2) is 35.3 Å². The number of nitro groups is 1. The maximum Gasteiger partial charge on any atom is 0.273 e. The van der Waals surface area contributed by atoms with Crippen LogP contribution < -0.4 is 10.9 Å². The van der Waals surface area contributed by atoms with Gasteiger partial charge in [-0.2, -0.15) is 19.9 Å². The number of nitrogens with zero attached hydrogens (tertiary/aromatic N) is 6. The third-order valence-corrected chi connectivity index (χ3v) is 4.53. The van der Waals surface area contributed by atoms with Gasteiger partial charge in [0.2, 0.25) is 5.95 Å².